The fraction of sp³-hybridized carbons (Fsp3) is 0.154. The van der Waals surface area contributed by atoms with Gasteiger partial charge in [0.05, 0.1) is 0 Å². The highest BCUT2D eigenvalue weighted by atomic mass is 19.1. The lowest BCUT2D eigenvalue weighted by Gasteiger charge is -2.14. The van der Waals surface area contributed by atoms with Crippen molar-refractivity contribution in [1.82, 2.24) is 4.98 Å². The first-order valence-electron chi connectivity index (χ1n) is 5.35. The van der Waals surface area contributed by atoms with E-state index in [-0.39, 0.29) is 5.56 Å². The van der Waals surface area contributed by atoms with Crippen molar-refractivity contribution < 1.29 is 8.78 Å². The minimum Gasteiger partial charge on any atom is -0.239 e. The second-order valence-corrected chi connectivity index (χ2v) is 3.78. The van der Waals surface area contributed by atoms with Gasteiger partial charge in [0.25, 0.3) is 0 Å². The molecule has 0 N–H and O–H groups in total. The smallest absolute Gasteiger partial charge is 0.212 e. The van der Waals surface area contributed by atoms with Crippen molar-refractivity contribution in [2.45, 2.75) is 12.2 Å². The van der Waals surface area contributed by atoms with Crippen LogP contribution in [-0.2, 0) is 0 Å². The van der Waals surface area contributed by atoms with Crippen LogP contribution in [-0.4, -0.2) is 4.98 Å². The lowest BCUT2D eigenvalue weighted by molar-refractivity contribution is 0.290. The zero-order chi connectivity index (χ0) is 13.0. The van der Waals surface area contributed by atoms with E-state index in [1.54, 1.807) is 30.3 Å². The topological polar surface area (TPSA) is 42.3 Å². The second-order valence-electron chi connectivity index (χ2n) is 3.78. The van der Waals surface area contributed by atoms with Gasteiger partial charge in [0, 0.05) is 11.8 Å². The summed E-state index contributed by atoms with van der Waals surface area (Å²) in [5, 5.41) is 2.81. The van der Waals surface area contributed by atoms with Gasteiger partial charge >= 0.3 is 0 Å². The quantitative estimate of drug-likeness (QED) is 0.611. The predicted molar refractivity (Wildman–Crippen MR) is 63.0 cm³/mol. The van der Waals surface area contributed by atoms with Crippen LogP contribution in [0.25, 0.3) is 0 Å². The van der Waals surface area contributed by atoms with Crippen LogP contribution in [0.5, 0.6) is 0 Å². The molecule has 2 aromatic rings. The van der Waals surface area contributed by atoms with Crippen LogP contribution in [0.4, 0.5) is 8.78 Å². The van der Waals surface area contributed by atoms with E-state index in [0.29, 0.717) is 5.56 Å². The number of halogens is 2. The van der Waals surface area contributed by atoms with E-state index >= 15 is 0 Å². The van der Waals surface area contributed by atoms with E-state index in [0.717, 1.165) is 12.3 Å². The van der Waals surface area contributed by atoms with E-state index in [1.807, 2.05) is 0 Å². The summed E-state index contributed by atoms with van der Waals surface area (Å²) in [5.41, 5.74) is 0.606. The number of nitrogens with zero attached hydrogens (tertiary/aromatic N) is 2. The van der Waals surface area contributed by atoms with E-state index < -0.39 is 18.2 Å². The van der Waals surface area contributed by atoms with Gasteiger partial charge in [-0.3, -0.25) is 0 Å². The van der Waals surface area contributed by atoms with E-state index in [1.165, 1.54) is 6.07 Å². The molecule has 1 aromatic carbocycles. The number of nitroso groups, excluding NO2 is 1. The molecule has 0 radical (unpaired) electrons. The monoisotopic (exact) mass is 248 g/mol. The Morgan fingerprint density at radius 2 is 1.78 bits per heavy atom. The van der Waals surface area contributed by atoms with Crippen molar-refractivity contribution in [3.05, 3.63) is 70.6 Å². The Bertz CT molecular complexity index is 516. The molecule has 0 aliphatic carbocycles. The molecule has 3 nitrogen and oxygen atoms in total. The van der Waals surface area contributed by atoms with Crippen LogP contribution in [0.2, 0.25) is 0 Å². The summed E-state index contributed by atoms with van der Waals surface area (Å²) in [6.45, 7) is 0. The number of aromatic nitrogens is 1. The van der Waals surface area contributed by atoms with Crippen LogP contribution in [0.1, 0.15) is 23.3 Å². The maximum Gasteiger partial charge on any atom is 0.212 e. The van der Waals surface area contributed by atoms with Crippen molar-refractivity contribution in [3.8, 4) is 0 Å². The Morgan fingerprint density at radius 3 is 2.33 bits per heavy atom. The molecule has 2 atom stereocenters. The maximum atomic E-state index is 14.2. The Hall–Kier alpha value is -2.17. The zero-order valence-corrected chi connectivity index (χ0v) is 9.33. The molecule has 0 aliphatic heterocycles. The summed E-state index contributed by atoms with van der Waals surface area (Å²) in [7, 11) is 0. The molecule has 5 heteroatoms. The fourth-order valence-electron chi connectivity index (χ4n) is 1.67. The van der Waals surface area contributed by atoms with E-state index in [9.17, 15) is 13.7 Å². The molecule has 1 aromatic heterocycles. The number of hydrogen-bond donors (Lipinski definition) is 0. The van der Waals surface area contributed by atoms with Crippen molar-refractivity contribution in [1.29, 1.82) is 0 Å². The molecule has 0 amide bonds. The molecular formula is C13H10F2N2O. The third-order valence-corrected chi connectivity index (χ3v) is 2.60. The predicted octanol–water partition coefficient (Wildman–Crippen LogP) is 3.74. The van der Waals surface area contributed by atoms with Crippen molar-refractivity contribution in [3.63, 3.8) is 0 Å². The third-order valence-electron chi connectivity index (χ3n) is 2.60. The summed E-state index contributed by atoms with van der Waals surface area (Å²) in [6.07, 6.45) is -0.570. The van der Waals surface area contributed by atoms with Crippen LogP contribution in [0, 0.1) is 10.9 Å². The molecule has 0 fully saturated rings. The average molecular weight is 248 g/mol. The summed E-state index contributed by atoms with van der Waals surface area (Å²) in [5.74, 6) is -0.693. The van der Waals surface area contributed by atoms with Gasteiger partial charge in [-0.2, -0.15) is 9.30 Å². The highest BCUT2D eigenvalue weighted by Crippen LogP contribution is 2.34. The van der Waals surface area contributed by atoms with Crippen molar-refractivity contribution >= 4 is 0 Å². The van der Waals surface area contributed by atoms with Gasteiger partial charge < -0.3 is 0 Å². The molecule has 1 heterocycles. The molecule has 0 spiro atoms. The third kappa shape index (κ3) is 2.56. The molecule has 2 rings (SSSR count). The molecule has 92 valence electrons. The number of hydrogen-bond acceptors (Lipinski definition) is 3. The van der Waals surface area contributed by atoms with Crippen LogP contribution in [0.15, 0.2) is 53.8 Å². The average Bonchev–Trinajstić information content (AvgIpc) is 2.41. The minimum atomic E-state index is -1.64. The van der Waals surface area contributed by atoms with Crippen LogP contribution in [0.3, 0.4) is 0 Å². The standard InChI is InChI=1S/C13H10F2N2O/c14-11-7-6-10(8-16-11)12(15)13(17-18)9-4-2-1-3-5-9/h1-8,12-13H. The molecule has 0 bridgehead atoms. The van der Waals surface area contributed by atoms with Gasteiger partial charge in [0.2, 0.25) is 5.95 Å². The first-order chi connectivity index (χ1) is 8.72. The normalized spacial score (nSPS) is 13.9. The highest BCUT2D eigenvalue weighted by Gasteiger charge is 2.25. The Labute approximate surface area is 102 Å². The highest BCUT2D eigenvalue weighted by molar-refractivity contribution is 5.24. The summed E-state index contributed by atoms with van der Waals surface area (Å²) in [6, 6.07) is 9.55. The Morgan fingerprint density at radius 1 is 1.06 bits per heavy atom. The lowest BCUT2D eigenvalue weighted by Crippen LogP contribution is -2.05. The summed E-state index contributed by atoms with van der Waals surface area (Å²) >= 11 is 0. The van der Waals surface area contributed by atoms with Crippen molar-refractivity contribution in [2.24, 2.45) is 5.18 Å². The number of rotatable bonds is 4. The summed E-state index contributed by atoms with van der Waals surface area (Å²) < 4.78 is 26.8. The van der Waals surface area contributed by atoms with Gasteiger partial charge in [-0.05, 0) is 17.7 Å². The molecule has 0 saturated carbocycles. The van der Waals surface area contributed by atoms with Crippen LogP contribution >= 0.6 is 0 Å². The number of benzene rings is 1. The van der Waals surface area contributed by atoms with E-state index in [2.05, 4.69) is 10.2 Å². The molecule has 0 aliphatic rings. The first kappa shape index (κ1) is 12.3. The SMILES string of the molecule is O=NC(c1ccccc1)C(F)c1ccc(F)nc1. The van der Waals surface area contributed by atoms with E-state index in [4.69, 9.17) is 0 Å². The lowest BCUT2D eigenvalue weighted by atomic mass is 9.99. The van der Waals surface area contributed by atoms with Crippen LogP contribution < -0.4 is 0 Å². The van der Waals surface area contributed by atoms with Gasteiger partial charge in [-0.25, -0.2) is 9.37 Å². The zero-order valence-electron chi connectivity index (χ0n) is 9.33. The Kier molecular flexibility index (Phi) is 3.72. The first-order valence-corrected chi connectivity index (χ1v) is 5.35. The second kappa shape index (κ2) is 5.44. The number of pyridine rings is 1. The number of alkyl halides is 1. The van der Waals surface area contributed by atoms with Gasteiger partial charge in [0.1, 0.15) is 0 Å². The molecule has 0 saturated heterocycles. The maximum absolute atomic E-state index is 14.2. The molecule has 18 heavy (non-hydrogen) atoms. The van der Waals surface area contributed by atoms with Gasteiger partial charge in [0.15, 0.2) is 12.2 Å². The largest absolute Gasteiger partial charge is 0.239 e. The fourth-order valence-corrected chi connectivity index (χ4v) is 1.67. The summed E-state index contributed by atoms with van der Waals surface area (Å²) in [4.78, 5) is 14.2. The Balaban J connectivity index is 2.28. The van der Waals surface area contributed by atoms with Crippen molar-refractivity contribution in [2.75, 3.05) is 0 Å². The molecule has 2 unspecified atom stereocenters. The van der Waals surface area contributed by atoms with Gasteiger partial charge in [-0.15, -0.1) is 0 Å². The molecular weight excluding hydrogens is 238 g/mol. The minimum absolute atomic E-state index is 0.129. The van der Waals surface area contributed by atoms with Gasteiger partial charge in [-0.1, -0.05) is 35.5 Å².